The first-order chi connectivity index (χ1) is 9.31. The van der Waals surface area contributed by atoms with E-state index in [0.717, 1.165) is 39.9 Å². The third kappa shape index (κ3) is 2.19. The average molecular weight is 272 g/mol. The Balaban J connectivity index is 2.03. The van der Waals surface area contributed by atoms with Crippen LogP contribution in [-0.4, -0.2) is 12.6 Å². The van der Waals surface area contributed by atoms with Crippen LogP contribution in [0.2, 0.25) is 0 Å². The van der Waals surface area contributed by atoms with Crippen molar-refractivity contribution in [2.24, 2.45) is 0 Å². The fourth-order valence-electron chi connectivity index (χ4n) is 2.26. The lowest BCUT2D eigenvalue weighted by atomic mass is 10.0. The van der Waals surface area contributed by atoms with Crippen LogP contribution in [0.25, 0.3) is 10.4 Å². The molecule has 0 bridgehead atoms. The number of fused-ring (bicyclic) bond motifs is 3. The van der Waals surface area contributed by atoms with Crippen molar-refractivity contribution in [3.05, 3.63) is 40.3 Å². The fraction of sp³-hybridized carbons (Fsp3) is 0.200. The Morgan fingerprint density at radius 2 is 2.00 bits per heavy atom. The van der Waals surface area contributed by atoms with Gasteiger partial charge in [-0.05, 0) is 23.8 Å². The van der Waals surface area contributed by atoms with E-state index in [1.54, 1.807) is 11.3 Å². The maximum Gasteiger partial charge on any atom is 0.128 e. The van der Waals surface area contributed by atoms with Crippen molar-refractivity contribution in [1.29, 1.82) is 0 Å². The van der Waals surface area contributed by atoms with Gasteiger partial charge in [0.2, 0.25) is 0 Å². The van der Waals surface area contributed by atoms with Crippen LogP contribution in [0.1, 0.15) is 16.0 Å². The number of carbonyl (C=O) groups is 2. The van der Waals surface area contributed by atoms with Gasteiger partial charge in [-0.1, -0.05) is 6.07 Å². The number of hydrogen-bond acceptors (Lipinski definition) is 4. The molecule has 1 aromatic carbocycles. The lowest BCUT2D eigenvalue weighted by molar-refractivity contribution is -0.108. The minimum Gasteiger partial charge on any atom is -0.488 e. The van der Waals surface area contributed by atoms with Crippen LogP contribution in [0.5, 0.6) is 5.75 Å². The molecule has 2 aromatic rings. The number of ether oxygens (including phenoxy) is 1. The quantitative estimate of drug-likeness (QED) is 0.804. The summed E-state index contributed by atoms with van der Waals surface area (Å²) < 4.78 is 5.73. The fourth-order valence-corrected chi connectivity index (χ4v) is 3.40. The average Bonchev–Trinajstić information content (AvgIpc) is 2.82. The van der Waals surface area contributed by atoms with Gasteiger partial charge in [-0.25, -0.2) is 0 Å². The van der Waals surface area contributed by atoms with Crippen LogP contribution in [0, 0.1) is 0 Å². The molecule has 0 amide bonds. The number of carbonyl (C=O) groups excluding carboxylic acids is 2. The van der Waals surface area contributed by atoms with E-state index in [-0.39, 0.29) is 0 Å². The zero-order chi connectivity index (χ0) is 13.2. The molecule has 19 heavy (non-hydrogen) atoms. The van der Waals surface area contributed by atoms with Crippen molar-refractivity contribution in [2.45, 2.75) is 19.4 Å². The minimum absolute atomic E-state index is 0.407. The van der Waals surface area contributed by atoms with Crippen molar-refractivity contribution >= 4 is 23.9 Å². The van der Waals surface area contributed by atoms with Gasteiger partial charge in [-0.15, -0.1) is 11.3 Å². The van der Waals surface area contributed by atoms with Gasteiger partial charge >= 0.3 is 0 Å². The molecule has 1 aliphatic rings. The van der Waals surface area contributed by atoms with Gasteiger partial charge < -0.3 is 14.3 Å². The molecular weight excluding hydrogens is 260 g/mol. The Morgan fingerprint density at radius 3 is 2.79 bits per heavy atom. The summed E-state index contributed by atoms with van der Waals surface area (Å²) in [4.78, 5) is 23.4. The molecular formula is C15H12O3S. The lowest BCUT2D eigenvalue weighted by Gasteiger charge is -2.18. The molecule has 0 saturated carbocycles. The molecule has 3 rings (SSSR count). The Morgan fingerprint density at radius 1 is 1.16 bits per heavy atom. The Hall–Kier alpha value is -1.94. The van der Waals surface area contributed by atoms with Crippen LogP contribution in [-0.2, 0) is 29.0 Å². The van der Waals surface area contributed by atoms with Crippen LogP contribution in [0.3, 0.4) is 0 Å². The minimum atomic E-state index is 0.407. The summed E-state index contributed by atoms with van der Waals surface area (Å²) >= 11 is 1.64. The normalized spacial score (nSPS) is 12.2. The predicted octanol–water partition coefficient (Wildman–Crippen LogP) is 2.79. The van der Waals surface area contributed by atoms with E-state index < -0.39 is 0 Å². The Bertz CT molecular complexity index is 643. The molecule has 0 radical (unpaired) electrons. The largest absolute Gasteiger partial charge is 0.488 e. The van der Waals surface area contributed by atoms with Crippen molar-refractivity contribution < 1.29 is 14.3 Å². The molecule has 0 N–H and O–H groups in total. The van der Waals surface area contributed by atoms with Crippen LogP contribution < -0.4 is 4.74 Å². The van der Waals surface area contributed by atoms with Gasteiger partial charge in [0.15, 0.2) is 0 Å². The highest BCUT2D eigenvalue weighted by atomic mass is 32.1. The van der Waals surface area contributed by atoms with Gasteiger partial charge in [-0.3, -0.25) is 0 Å². The van der Waals surface area contributed by atoms with Crippen LogP contribution in [0.15, 0.2) is 24.3 Å². The Labute approximate surface area is 114 Å². The summed E-state index contributed by atoms with van der Waals surface area (Å²) in [6.07, 6.45) is 2.68. The summed E-state index contributed by atoms with van der Waals surface area (Å²) in [6.45, 7) is 0.530. The zero-order valence-corrected chi connectivity index (χ0v) is 11.0. The highest BCUT2D eigenvalue weighted by Gasteiger charge is 2.20. The van der Waals surface area contributed by atoms with Crippen molar-refractivity contribution in [2.75, 3.05) is 0 Å². The van der Waals surface area contributed by atoms with Crippen molar-refractivity contribution in [3.8, 4) is 16.2 Å². The van der Waals surface area contributed by atoms with E-state index in [4.69, 9.17) is 4.74 Å². The molecule has 4 heteroatoms. The lowest BCUT2D eigenvalue weighted by Crippen LogP contribution is -2.03. The van der Waals surface area contributed by atoms with Crippen LogP contribution >= 0.6 is 11.3 Å². The molecule has 2 heterocycles. The molecule has 0 spiro atoms. The summed E-state index contributed by atoms with van der Waals surface area (Å²) in [6, 6.07) is 7.90. The molecule has 0 fully saturated rings. The first-order valence-corrected chi connectivity index (χ1v) is 6.88. The maximum atomic E-state index is 10.6. The monoisotopic (exact) mass is 272 g/mol. The first-order valence-electron chi connectivity index (χ1n) is 6.06. The summed E-state index contributed by atoms with van der Waals surface area (Å²) in [7, 11) is 0. The summed E-state index contributed by atoms with van der Waals surface area (Å²) in [5.41, 5.74) is 3.15. The number of hydrogen-bond donors (Lipinski definition) is 0. The molecule has 1 aliphatic heterocycles. The van der Waals surface area contributed by atoms with Gasteiger partial charge in [0.05, 0.1) is 0 Å². The van der Waals surface area contributed by atoms with E-state index in [9.17, 15) is 9.59 Å². The molecule has 1 aromatic heterocycles. The molecule has 0 atom stereocenters. The van der Waals surface area contributed by atoms with E-state index >= 15 is 0 Å². The third-order valence-corrected chi connectivity index (χ3v) is 4.37. The second-order valence-corrected chi connectivity index (χ2v) is 5.56. The maximum absolute atomic E-state index is 10.6. The van der Waals surface area contributed by atoms with E-state index in [2.05, 4.69) is 0 Å². The smallest absolute Gasteiger partial charge is 0.128 e. The molecule has 0 saturated heterocycles. The molecule has 0 unspecified atom stereocenters. The summed E-state index contributed by atoms with van der Waals surface area (Å²) in [5.74, 6) is 0.825. The Kier molecular flexibility index (Phi) is 3.17. The van der Waals surface area contributed by atoms with Crippen molar-refractivity contribution in [3.63, 3.8) is 0 Å². The third-order valence-electron chi connectivity index (χ3n) is 3.14. The second-order valence-electron chi connectivity index (χ2n) is 4.43. The number of benzene rings is 1. The second kappa shape index (κ2) is 4.97. The zero-order valence-electron chi connectivity index (χ0n) is 10.2. The standard InChI is InChI=1S/C15H12O3S/c16-5-3-10-1-2-13-14(7-10)18-9-11-8-12(4-6-17)19-15(11)13/h1-2,5-8H,3-4,9H2. The van der Waals surface area contributed by atoms with Crippen LogP contribution in [0.4, 0.5) is 0 Å². The van der Waals surface area contributed by atoms with Gasteiger partial charge in [0.25, 0.3) is 0 Å². The predicted molar refractivity (Wildman–Crippen MR) is 73.6 cm³/mol. The number of thiophene rings is 1. The van der Waals surface area contributed by atoms with E-state index in [0.29, 0.717) is 19.4 Å². The molecule has 0 aliphatic carbocycles. The van der Waals surface area contributed by atoms with Crippen molar-refractivity contribution in [1.82, 2.24) is 0 Å². The number of aldehydes is 2. The van der Waals surface area contributed by atoms with E-state index in [1.807, 2.05) is 24.3 Å². The van der Waals surface area contributed by atoms with Gasteiger partial charge in [0, 0.05) is 33.7 Å². The molecule has 96 valence electrons. The van der Waals surface area contributed by atoms with Gasteiger partial charge in [0.1, 0.15) is 24.9 Å². The summed E-state index contributed by atoms with van der Waals surface area (Å²) in [5, 5.41) is 0. The first kappa shape index (κ1) is 12.1. The topological polar surface area (TPSA) is 43.4 Å². The van der Waals surface area contributed by atoms with Gasteiger partial charge in [-0.2, -0.15) is 0 Å². The molecule has 3 nitrogen and oxygen atoms in total. The highest BCUT2D eigenvalue weighted by Crippen LogP contribution is 2.42. The highest BCUT2D eigenvalue weighted by molar-refractivity contribution is 7.15. The number of rotatable bonds is 4. The SMILES string of the molecule is O=CCc1ccc2c(c1)OCc1cc(CC=O)sc1-2. The van der Waals surface area contributed by atoms with E-state index in [1.165, 1.54) is 4.88 Å².